The van der Waals surface area contributed by atoms with Crippen molar-refractivity contribution in [1.82, 2.24) is 9.88 Å². The van der Waals surface area contributed by atoms with Crippen molar-refractivity contribution in [3.05, 3.63) is 17.7 Å². The van der Waals surface area contributed by atoms with Crippen molar-refractivity contribution >= 4 is 32.7 Å². The molecule has 0 radical (unpaired) electrons. The maximum absolute atomic E-state index is 12.8. The number of amides is 2. The number of fused-ring (bicyclic) bond motifs is 1. The minimum atomic E-state index is -0.233. The average Bonchev–Trinajstić information content (AvgIpc) is 3.17. The molecule has 2 heterocycles. The highest BCUT2D eigenvalue weighted by molar-refractivity contribution is 7.22. The summed E-state index contributed by atoms with van der Waals surface area (Å²) >= 11 is 1.51. The summed E-state index contributed by atoms with van der Waals surface area (Å²) in [6.07, 6.45) is 4.90. The second-order valence-electron chi connectivity index (χ2n) is 7.94. The van der Waals surface area contributed by atoms with Crippen LogP contribution in [0.5, 0.6) is 5.75 Å². The number of carbonyl (C=O) groups excluding carboxylic acids is 1. The van der Waals surface area contributed by atoms with Gasteiger partial charge in [-0.3, -0.25) is 5.32 Å². The first-order valence-corrected chi connectivity index (χ1v) is 11.2. The van der Waals surface area contributed by atoms with Crippen molar-refractivity contribution in [2.75, 3.05) is 32.7 Å². The monoisotopic (exact) mass is 419 g/mol. The van der Waals surface area contributed by atoms with Crippen LogP contribution in [0, 0.1) is 0 Å². The molecule has 0 atom stereocenters. The second kappa shape index (κ2) is 8.85. The van der Waals surface area contributed by atoms with E-state index >= 15 is 0 Å². The van der Waals surface area contributed by atoms with E-state index in [2.05, 4.69) is 16.4 Å². The Hall–Kier alpha value is -1.90. The summed E-state index contributed by atoms with van der Waals surface area (Å²) in [5, 5.41) is 13.3. The van der Waals surface area contributed by atoms with Crippen LogP contribution in [0.1, 0.15) is 50.0 Å². The highest BCUT2D eigenvalue weighted by Crippen LogP contribution is 2.40. The summed E-state index contributed by atoms with van der Waals surface area (Å²) in [4.78, 5) is 19.2. The van der Waals surface area contributed by atoms with E-state index in [4.69, 9.17) is 9.47 Å². The van der Waals surface area contributed by atoms with E-state index in [1.165, 1.54) is 16.9 Å². The Kier molecular flexibility index (Phi) is 6.22. The smallest absolute Gasteiger partial charge is 0.323 e. The Balaban J connectivity index is 1.55. The molecule has 158 valence electrons. The first-order chi connectivity index (χ1) is 14.1. The van der Waals surface area contributed by atoms with Gasteiger partial charge in [0.2, 0.25) is 0 Å². The molecule has 7 nitrogen and oxygen atoms in total. The number of hydrogen-bond donors (Lipinski definition) is 2. The Bertz CT molecular complexity index is 857. The third kappa shape index (κ3) is 4.34. The molecule has 2 fully saturated rings. The quantitative estimate of drug-likeness (QED) is 0.784. The largest absolute Gasteiger partial charge is 0.494 e. The number of anilines is 1. The van der Waals surface area contributed by atoms with Gasteiger partial charge in [0.15, 0.2) is 5.13 Å². The van der Waals surface area contributed by atoms with Crippen molar-refractivity contribution < 1.29 is 19.4 Å². The molecule has 1 saturated heterocycles. The van der Waals surface area contributed by atoms with Crippen molar-refractivity contribution in [2.45, 2.75) is 56.6 Å². The molecule has 2 amide bonds. The standard InChI is InChI=1S/C21H29N3O4S/c1-24(14-3-5-15(25)6-4-14)21(26)23-20-22-18-17(27-2)8-7-16(19(18)29-20)13-9-11-28-12-10-13/h7-8,13-15,25H,3-6,9-12H2,1-2H3,(H,22,23,26). The molecule has 29 heavy (non-hydrogen) atoms. The molecule has 1 aromatic heterocycles. The van der Waals surface area contributed by atoms with Crippen LogP contribution in [0.3, 0.4) is 0 Å². The van der Waals surface area contributed by atoms with Gasteiger partial charge in [0, 0.05) is 26.3 Å². The van der Waals surface area contributed by atoms with Crippen molar-refractivity contribution in [1.29, 1.82) is 0 Å². The highest BCUT2D eigenvalue weighted by atomic mass is 32.1. The number of carbonyl (C=O) groups is 1. The number of nitrogens with one attached hydrogen (secondary N) is 1. The van der Waals surface area contributed by atoms with E-state index in [-0.39, 0.29) is 18.2 Å². The van der Waals surface area contributed by atoms with Gasteiger partial charge in [-0.1, -0.05) is 17.4 Å². The summed E-state index contributed by atoms with van der Waals surface area (Å²) in [7, 11) is 3.46. The number of ether oxygens (including phenoxy) is 2. The van der Waals surface area contributed by atoms with Crippen LogP contribution < -0.4 is 10.1 Å². The van der Waals surface area contributed by atoms with Crippen molar-refractivity contribution in [3.63, 3.8) is 0 Å². The normalized spacial score (nSPS) is 23.1. The number of aliphatic hydroxyl groups is 1. The number of methoxy groups -OCH3 is 1. The van der Waals surface area contributed by atoms with Crippen LogP contribution in [0.4, 0.5) is 9.93 Å². The van der Waals surface area contributed by atoms with Crippen LogP contribution in [-0.2, 0) is 4.74 Å². The number of hydrogen-bond acceptors (Lipinski definition) is 6. The van der Waals surface area contributed by atoms with E-state index in [1.54, 1.807) is 12.0 Å². The average molecular weight is 420 g/mol. The highest BCUT2D eigenvalue weighted by Gasteiger charge is 2.27. The zero-order valence-electron chi connectivity index (χ0n) is 17.0. The maximum atomic E-state index is 12.8. The third-order valence-electron chi connectivity index (χ3n) is 6.17. The Labute approximate surface area is 175 Å². The van der Waals surface area contributed by atoms with Gasteiger partial charge in [-0.25, -0.2) is 9.78 Å². The number of thiazole rings is 1. The SMILES string of the molecule is COc1ccc(C2CCOCC2)c2sc(NC(=O)N(C)C3CCC(O)CC3)nc12. The summed E-state index contributed by atoms with van der Waals surface area (Å²) < 4.78 is 12.1. The first-order valence-electron chi connectivity index (χ1n) is 10.3. The van der Waals surface area contributed by atoms with Crippen LogP contribution in [-0.4, -0.2) is 60.5 Å². The predicted molar refractivity (Wildman–Crippen MR) is 114 cm³/mol. The zero-order chi connectivity index (χ0) is 20.4. The summed E-state index contributed by atoms with van der Waals surface area (Å²) in [6.45, 7) is 1.56. The fourth-order valence-corrected chi connectivity index (χ4v) is 5.41. The molecular formula is C21H29N3O4S. The van der Waals surface area contributed by atoms with E-state index in [1.807, 2.05) is 13.1 Å². The number of nitrogens with zero attached hydrogens (tertiary/aromatic N) is 2. The molecule has 0 unspecified atom stereocenters. The third-order valence-corrected chi connectivity index (χ3v) is 7.19. The summed E-state index contributed by atoms with van der Waals surface area (Å²) in [5.41, 5.74) is 2.07. The fourth-order valence-electron chi connectivity index (χ4n) is 4.34. The molecule has 1 aliphatic carbocycles. The first kappa shape index (κ1) is 20.4. The maximum Gasteiger partial charge on any atom is 0.323 e. The minimum absolute atomic E-state index is 0.153. The molecule has 0 spiro atoms. The van der Waals surface area contributed by atoms with Crippen LogP contribution >= 0.6 is 11.3 Å². The molecule has 2 aromatic rings. The van der Waals surface area contributed by atoms with Gasteiger partial charge in [-0.05, 0) is 56.1 Å². The number of aromatic nitrogens is 1. The number of benzene rings is 1. The Morgan fingerprint density at radius 3 is 2.66 bits per heavy atom. The molecule has 4 rings (SSSR count). The second-order valence-corrected chi connectivity index (χ2v) is 8.94. The lowest BCUT2D eigenvalue weighted by Gasteiger charge is -2.32. The van der Waals surface area contributed by atoms with Gasteiger partial charge in [0.25, 0.3) is 0 Å². The van der Waals surface area contributed by atoms with E-state index in [9.17, 15) is 9.90 Å². The summed E-state index contributed by atoms with van der Waals surface area (Å²) in [5.74, 6) is 1.17. The Morgan fingerprint density at radius 2 is 1.97 bits per heavy atom. The molecule has 1 aliphatic heterocycles. The molecular weight excluding hydrogens is 390 g/mol. The lowest BCUT2D eigenvalue weighted by molar-refractivity contribution is 0.0856. The van der Waals surface area contributed by atoms with Crippen molar-refractivity contribution in [3.8, 4) is 5.75 Å². The molecule has 0 bridgehead atoms. The van der Waals surface area contributed by atoms with Crippen LogP contribution in [0.15, 0.2) is 12.1 Å². The van der Waals surface area contributed by atoms with E-state index < -0.39 is 0 Å². The van der Waals surface area contributed by atoms with E-state index in [0.29, 0.717) is 11.0 Å². The molecule has 1 aromatic carbocycles. The Morgan fingerprint density at radius 1 is 1.24 bits per heavy atom. The number of urea groups is 1. The minimum Gasteiger partial charge on any atom is -0.494 e. The lowest BCUT2D eigenvalue weighted by Crippen LogP contribution is -2.42. The molecule has 8 heteroatoms. The lowest BCUT2D eigenvalue weighted by atomic mass is 9.91. The van der Waals surface area contributed by atoms with Gasteiger partial charge in [-0.15, -0.1) is 0 Å². The van der Waals surface area contributed by atoms with Gasteiger partial charge in [-0.2, -0.15) is 0 Å². The van der Waals surface area contributed by atoms with Crippen LogP contribution in [0.25, 0.3) is 10.2 Å². The number of aliphatic hydroxyl groups excluding tert-OH is 1. The molecule has 2 aliphatic rings. The van der Waals surface area contributed by atoms with Gasteiger partial charge in [0.1, 0.15) is 11.3 Å². The number of rotatable bonds is 4. The molecule has 1 saturated carbocycles. The van der Waals surface area contributed by atoms with Gasteiger partial charge < -0.3 is 19.5 Å². The zero-order valence-corrected chi connectivity index (χ0v) is 17.8. The molecule has 2 N–H and O–H groups in total. The topological polar surface area (TPSA) is 83.9 Å². The predicted octanol–water partition coefficient (Wildman–Crippen LogP) is 3.97. The van der Waals surface area contributed by atoms with Crippen molar-refractivity contribution in [2.24, 2.45) is 0 Å². The van der Waals surface area contributed by atoms with Crippen LogP contribution in [0.2, 0.25) is 0 Å². The summed E-state index contributed by atoms with van der Waals surface area (Å²) in [6, 6.07) is 4.09. The van der Waals surface area contributed by atoms with Gasteiger partial charge >= 0.3 is 6.03 Å². The van der Waals surface area contributed by atoms with E-state index in [0.717, 1.165) is 67.7 Å². The fraction of sp³-hybridized carbons (Fsp3) is 0.619. The van der Waals surface area contributed by atoms with Gasteiger partial charge in [0.05, 0.1) is 17.9 Å².